The summed E-state index contributed by atoms with van der Waals surface area (Å²) in [5, 5.41) is 3.25. The molecule has 0 atom stereocenters. The van der Waals surface area contributed by atoms with Crippen molar-refractivity contribution in [1.29, 1.82) is 0 Å². The van der Waals surface area contributed by atoms with Crippen molar-refractivity contribution in [3.05, 3.63) is 64.2 Å². The van der Waals surface area contributed by atoms with E-state index < -0.39 is 0 Å². The van der Waals surface area contributed by atoms with E-state index in [0.29, 0.717) is 16.6 Å². The van der Waals surface area contributed by atoms with Gasteiger partial charge in [-0.15, -0.1) is 11.3 Å². The topological polar surface area (TPSA) is 64.1 Å². The normalized spacial score (nSPS) is 10.8. The first-order valence-corrected chi connectivity index (χ1v) is 8.59. The van der Waals surface area contributed by atoms with E-state index in [0.717, 1.165) is 16.0 Å². The van der Waals surface area contributed by atoms with Crippen molar-refractivity contribution < 1.29 is 9.53 Å². The van der Waals surface area contributed by atoms with E-state index >= 15 is 0 Å². The molecule has 0 aliphatic rings. The maximum Gasteiger partial charge on any atom is 0.249 e. The minimum Gasteiger partial charge on any atom is -0.495 e. The van der Waals surface area contributed by atoms with Crippen molar-refractivity contribution in [1.82, 2.24) is 9.97 Å². The highest BCUT2D eigenvalue weighted by Gasteiger charge is 2.05. The van der Waals surface area contributed by atoms with E-state index in [1.807, 2.05) is 18.2 Å². The molecule has 2 heterocycles. The van der Waals surface area contributed by atoms with Gasteiger partial charge in [0.05, 0.1) is 17.6 Å². The second-order valence-corrected chi connectivity index (χ2v) is 6.33. The first kappa shape index (κ1) is 17.1. The molecule has 1 aromatic carbocycles. The van der Waals surface area contributed by atoms with Crippen LogP contribution in [0.4, 0.5) is 5.82 Å². The van der Waals surface area contributed by atoms with Crippen molar-refractivity contribution in [2.24, 2.45) is 0 Å². The fraction of sp³-hybridized carbons (Fsp3) is 0.0556. The van der Waals surface area contributed by atoms with Gasteiger partial charge in [-0.3, -0.25) is 9.78 Å². The third-order valence-electron chi connectivity index (χ3n) is 3.35. The van der Waals surface area contributed by atoms with Crippen molar-refractivity contribution in [2.75, 3.05) is 12.4 Å². The zero-order chi connectivity index (χ0) is 17.6. The molecule has 0 saturated carbocycles. The van der Waals surface area contributed by atoms with Crippen LogP contribution in [0.2, 0.25) is 5.02 Å². The van der Waals surface area contributed by atoms with E-state index in [1.165, 1.54) is 17.4 Å². The molecule has 3 rings (SSSR count). The van der Waals surface area contributed by atoms with Crippen molar-refractivity contribution in [3.8, 4) is 16.9 Å². The van der Waals surface area contributed by atoms with Crippen LogP contribution in [0, 0.1) is 0 Å². The van der Waals surface area contributed by atoms with Gasteiger partial charge < -0.3 is 10.1 Å². The molecule has 3 aromatic rings. The summed E-state index contributed by atoms with van der Waals surface area (Å²) in [7, 11) is 1.57. The molecular weight excluding hydrogens is 358 g/mol. The Hall–Kier alpha value is -2.70. The van der Waals surface area contributed by atoms with Gasteiger partial charge in [0.25, 0.3) is 0 Å². The Bertz CT molecular complexity index is 893. The van der Waals surface area contributed by atoms with Crippen LogP contribution in [0.1, 0.15) is 4.88 Å². The van der Waals surface area contributed by atoms with E-state index in [4.69, 9.17) is 16.3 Å². The lowest BCUT2D eigenvalue weighted by molar-refractivity contribution is -0.111. The van der Waals surface area contributed by atoms with Gasteiger partial charge in [0.2, 0.25) is 5.91 Å². The first-order chi connectivity index (χ1) is 12.2. The van der Waals surface area contributed by atoms with Crippen molar-refractivity contribution in [2.45, 2.75) is 0 Å². The standard InChI is InChI=1S/C18H14ClN3O2S/c1-24-16-5-2-12(8-15(16)19)13-3-6-17(21-9-13)22-18(23)7-4-14-10-20-11-25-14/h2-11H,1H3,(H,21,22,23)/b7-4+. The highest BCUT2D eigenvalue weighted by atomic mass is 35.5. The predicted molar refractivity (Wildman–Crippen MR) is 101 cm³/mol. The number of pyridine rings is 1. The van der Waals surface area contributed by atoms with Crippen LogP contribution in [0.3, 0.4) is 0 Å². The van der Waals surface area contributed by atoms with Gasteiger partial charge in [-0.05, 0) is 35.9 Å². The molecule has 1 N–H and O–H groups in total. The Labute approximate surface area is 154 Å². The summed E-state index contributed by atoms with van der Waals surface area (Å²) < 4.78 is 5.14. The molecule has 0 aliphatic heterocycles. The smallest absolute Gasteiger partial charge is 0.249 e. The third-order valence-corrected chi connectivity index (χ3v) is 4.39. The quantitative estimate of drug-likeness (QED) is 0.670. The molecule has 0 unspecified atom stereocenters. The van der Waals surface area contributed by atoms with Gasteiger partial charge in [-0.2, -0.15) is 0 Å². The van der Waals surface area contributed by atoms with Crippen LogP contribution in [-0.4, -0.2) is 23.0 Å². The van der Waals surface area contributed by atoms with Crippen LogP contribution in [-0.2, 0) is 4.79 Å². The Morgan fingerprint density at radius 3 is 2.72 bits per heavy atom. The number of carbonyl (C=O) groups is 1. The van der Waals surface area contributed by atoms with Crippen LogP contribution < -0.4 is 10.1 Å². The molecule has 0 radical (unpaired) electrons. The van der Waals surface area contributed by atoms with E-state index in [-0.39, 0.29) is 5.91 Å². The van der Waals surface area contributed by atoms with Crippen molar-refractivity contribution in [3.63, 3.8) is 0 Å². The Morgan fingerprint density at radius 1 is 1.24 bits per heavy atom. The Kier molecular flexibility index (Phi) is 5.42. The third kappa shape index (κ3) is 4.43. The number of amides is 1. The highest BCUT2D eigenvalue weighted by molar-refractivity contribution is 7.10. The van der Waals surface area contributed by atoms with Crippen LogP contribution in [0.15, 0.2) is 54.3 Å². The molecule has 0 fully saturated rings. The monoisotopic (exact) mass is 371 g/mol. The minimum absolute atomic E-state index is 0.249. The highest BCUT2D eigenvalue weighted by Crippen LogP contribution is 2.30. The van der Waals surface area contributed by atoms with Gasteiger partial charge in [-0.1, -0.05) is 17.7 Å². The SMILES string of the molecule is COc1ccc(-c2ccc(NC(=O)/C=C/c3cncs3)nc2)cc1Cl. The van der Waals surface area contributed by atoms with Gasteiger partial charge >= 0.3 is 0 Å². The summed E-state index contributed by atoms with van der Waals surface area (Å²) in [6.45, 7) is 0. The average Bonchev–Trinajstić information content (AvgIpc) is 3.14. The second-order valence-electron chi connectivity index (χ2n) is 5.01. The fourth-order valence-electron chi connectivity index (χ4n) is 2.12. The van der Waals surface area contributed by atoms with Crippen molar-refractivity contribution >= 4 is 40.7 Å². The van der Waals surface area contributed by atoms with Gasteiger partial charge in [0.1, 0.15) is 11.6 Å². The molecule has 2 aromatic heterocycles. The molecule has 0 aliphatic carbocycles. The van der Waals surface area contributed by atoms with Crippen LogP contribution in [0.5, 0.6) is 5.75 Å². The lowest BCUT2D eigenvalue weighted by atomic mass is 10.1. The Balaban J connectivity index is 1.67. The lowest BCUT2D eigenvalue weighted by Gasteiger charge is -2.07. The predicted octanol–water partition coefficient (Wildman–Crippen LogP) is 4.52. The zero-order valence-electron chi connectivity index (χ0n) is 13.3. The Morgan fingerprint density at radius 2 is 2.08 bits per heavy atom. The van der Waals surface area contributed by atoms with Gasteiger partial charge in [-0.25, -0.2) is 4.98 Å². The maximum atomic E-state index is 11.9. The molecule has 126 valence electrons. The number of nitrogens with one attached hydrogen (secondary N) is 1. The largest absolute Gasteiger partial charge is 0.495 e. The lowest BCUT2D eigenvalue weighted by Crippen LogP contribution is -2.08. The molecule has 7 heteroatoms. The molecule has 1 amide bonds. The molecule has 25 heavy (non-hydrogen) atoms. The number of anilines is 1. The average molecular weight is 372 g/mol. The fourth-order valence-corrected chi connectivity index (χ4v) is 2.89. The van der Waals surface area contributed by atoms with Gasteiger partial charge in [0, 0.05) is 28.9 Å². The van der Waals surface area contributed by atoms with Gasteiger partial charge in [0.15, 0.2) is 0 Å². The number of carbonyl (C=O) groups excluding carboxylic acids is 1. The summed E-state index contributed by atoms with van der Waals surface area (Å²) in [4.78, 5) is 21.0. The van der Waals surface area contributed by atoms with Crippen LogP contribution >= 0.6 is 22.9 Å². The van der Waals surface area contributed by atoms with E-state index in [2.05, 4.69) is 15.3 Å². The molecule has 5 nitrogen and oxygen atoms in total. The number of halogens is 1. The molecule has 0 spiro atoms. The number of nitrogens with zero attached hydrogens (tertiary/aromatic N) is 2. The maximum absolute atomic E-state index is 11.9. The summed E-state index contributed by atoms with van der Waals surface area (Å²) in [5.74, 6) is 0.846. The van der Waals surface area contributed by atoms with E-state index in [1.54, 1.807) is 43.2 Å². The summed E-state index contributed by atoms with van der Waals surface area (Å²) >= 11 is 7.60. The number of rotatable bonds is 5. The number of ether oxygens (including phenoxy) is 1. The van der Waals surface area contributed by atoms with Crippen LogP contribution in [0.25, 0.3) is 17.2 Å². The number of hydrogen-bond acceptors (Lipinski definition) is 5. The molecular formula is C18H14ClN3O2S. The number of aromatic nitrogens is 2. The summed E-state index contributed by atoms with van der Waals surface area (Å²) in [6, 6.07) is 9.13. The second kappa shape index (κ2) is 7.92. The summed E-state index contributed by atoms with van der Waals surface area (Å²) in [5.41, 5.74) is 3.52. The number of thiazole rings is 1. The minimum atomic E-state index is -0.249. The zero-order valence-corrected chi connectivity index (χ0v) is 14.8. The number of methoxy groups -OCH3 is 1. The molecule has 0 saturated heterocycles. The summed E-state index contributed by atoms with van der Waals surface area (Å²) in [6.07, 6.45) is 6.54. The first-order valence-electron chi connectivity index (χ1n) is 7.33. The van der Waals surface area contributed by atoms with E-state index in [9.17, 15) is 4.79 Å². The number of benzene rings is 1. The molecule has 0 bridgehead atoms. The number of hydrogen-bond donors (Lipinski definition) is 1.